The van der Waals surface area contributed by atoms with E-state index in [9.17, 15) is 15.0 Å². The van der Waals surface area contributed by atoms with Gasteiger partial charge in [-0.25, -0.2) is 4.79 Å². The van der Waals surface area contributed by atoms with Crippen molar-refractivity contribution in [2.45, 2.75) is 5.60 Å². The molecule has 2 N–H and O–H groups in total. The van der Waals surface area contributed by atoms with E-state index in [1.165, 1.54) is 0 Å². The number of hydrogen-bond acceptors (Lipinski definition) is 4. The van der Waals surface area contributed by atoms with Gasteiger partial charge in [-0.1, -0.05) is 54.6 Å². The van der Waals surface area contributed by atoms with Crippen LogP contribution in [-0.4, -0.2) is 16.2 Å². The number of phenolic OH excluding ortho intramolecular Hbond substituents is 2. The first-order valence-electron chi connectivity index (χ1n) is 9.68. The maximum atomic E-state index is 13.3. The van der Waals surface area contributed by atoms with Crippen molar-refractivity contribution < 1.29 is 19.7 Å². The summed E-state index contributed by atoms with van der Waals surface area (Å²) < 4.78 is 6.22. The Labute approximate surface area is 172 Å². The molecule has 1 aliphatic carbocycles. The van der Waals surface area contributed by atoms with Gasteiger partial charge in [0.15, 0.2) is 5.60 Å². The van der Waals surface area contributed by atoms with Gasteiger partial charge in [0.1, 0.15) is 11.5 Å². The number of hydrogen-bond donors (Lipinski definition) is 2. The lowest BCUT2D eigenvalue weighted by Crippen LogP contribution is -2.38. The number of aromatic hydroxyl groups is 2. The normalized spacial score (nSPS) is 15.4. The van der Waals surface area contributed by atoms with Gasteiger partial charge in [-0.3, -0.25) is 0 Å². The lowest BCUT2D eigenvalue weighted by molar-refractivity contribution is 0.0125. The summed E-state index contributed by atoms with van der Waals surface area (Å²) in [6, 6.07) is 21.2. The van der Waals surface area contributed by atoms with Crippen molar-refractivity contribution in [3.05, 3.63) is 106 Å². The molecule has 0 spiro atoms. The predicted molar refractivity (Wildman–Crippen MR) is 114 cm³/mol. The Hall–Kier alpha value is -4.05. The SMILES string of the molecule is O=C1OC(c2ccc(O)cc2)(c2ccc(O)cc2)c2ccc3c4c(ccc1c24)C=C3. The average molecular weight is 392 g/mol. The molecule has 1 heterocycles. The summed E-state index contributed by atoms with van der Waals surface area (Å²) in [7, 11) is 0. The number of carbonyl (C=O) groups is 1. The van der Waals surface area contributed by atoms with E-state index in [-0.39, 0.29) is 11.5 Å². The highest BCUT2D eigenvalue weighted by molar-refractivity contribution is 6.16. The van der Waals surface area contributed by atoms with Crippen molar-refractivity contribution in [2.24, 2.45) is 0 Å². The van der Waals surface area contributed by atoms with E-state index in [2.05, 4.69) is 12.2 Å². The maximum Gasteiger partial charge on any atom is 0.340 e. The van der Waals surface area contributed by atoms with E-state index in [4.69, 9.17) is 4.74 Å². The molecule has 0 saturated heterocycles. The van der Waals surface area contributed by atoms with E-state index < -0.39 is 11.6 Å². The van der Waals surface area contributed by atoms with Crippen LogP contribution in [0.2, 0.25) is 0 Å². The van der Waals surface area contributed by atoms with Gasteiger partial charge >= 0.3 is 5.97 Å². The molecular formula is C26H16O4. The zero-order valence-electron chi connectivity index (χ0n) is 15.8. The predicted octanol–water partition coefficient (Wildman–Crippen LogP) is 5.20. The standard InChI is InChI=1S/C26H16O4/c27-19-9-5-17(6-10-19)26(18-7-11-20(28)12-8-18)22-14-4-16-2-1-15-3-13-21(25(29)30-26)24(22)23(15)16/h1-14,27-28H. The van der Waals surface area contributed by atoms with Crippen LogP contribution >= 0.6 is 0 Å². The smallest absolute Gasteiger partial charge is 0.340 e. The summed E-state index contributed by atoms with van der Waals surface area (Å²) in [5, 5.41) is 21.6. The minimum Gasteiger partial charge on any atom is -0.508 e. The lowest BCUT2D eigenvalue weighted by Gasteiger charge is -2.39. The Kier molecular flexibility index (Phi) is 3.22. The Morgan fingerprint density at radius 1 is 0.633 bits per heavy atom. The van der Waals surface area contributed by atoms with Gasteiger partial charge in [-0.15, -0.1) is 0 Å². The highest BCUT2D eigenvalue weighted by Gasteiger charge is 2.46. The summed E-state index contributed by atoms with van der Waals surface area (Å²) in [4.78, 5) is 13.3. The molecule has 144 valence electrons. The molecule has 4 aromatic rings. The largest absolute Gasteiger partial charge is 0.508 e. The molecule has 2 aliphatic rings. The van der Waals surface area contributed by atoms with Crippen molar-refractivity contribution in [1.82, 2.24) is 0 Å². The molecule has 0 saturated carbocycles. The number of benzene rings is 4. The Morgan fingerprint density at radius 3 is 1.73 bits per heavy atom. The fourth-order valence-electron chi connectivity index (χ4n) is 4.71. The molecule has 4 nitrogen and oxygen atoms in total. The molecule has 30 heavy (non-hydrogen) atoms. The van der Waals surface area contributed by atoms with Gasteiger partial charge in [0.2, 0.25) is 0 Å². The zero-order chi connectivity index (χ0) is 20.5. The average Bonchev–Trinajstić information content (AvgIpc) is 3.19. The minimum atomic E-state index is -1.20. The summed E-state index contributed by atoms with van der Waals surface area (Å²) in [6.45, 7) is 0. The molecule has 0 atom stereocenters. The fourth-order valence-corrected chi connectivity index (χ4v) is 4.71. The van der Waals surface area contributed by atoms with Crippen molar-refractivity contribution >= 4 is 28.9 Å². The molecule has 0 radical (unpaired) electrons. The molecular weight excluding hydrogens is 376 g/mol. The summed E-state index contributed by atoms with van der Waals surface area (Å²) in [6.07, 6.45) is 4.11. The van der Waals surface area contributed by atoms with Crippen LogP contribution in [0, 0.1) is 0 Å². The van der Waals surface area contributed by atoms with Gasteiger partial charge in [0.25, 0.3) is 0 Å². The topological polar surface area (TPSA) is 66.8 Å². The van der Waals surface area contributed by atoms with Crippen LogP contribution in [0.15, 0.2) is 72.8 Å². The lowest BCUT2D eigenvalue weighted by atomic mass is 9.75. The quantitative estimate of drug-likeness (QED) is 0.406. The van der Waals surface area contributed by atoms with E-state index in [0.29, 0.717) is 5.56 Å². The Bertz CT molecular complexity index is 1320. The van der Waals surface area contributed by atoms with E-state index in [0.717, 1.165) is 38.6 Å². The summed E-state index contributed by atoms with van der Waals surface area (Å²) in [5.74, 6) is -0.140. The van der Waals surface area contributed by atoms with Gasteiger partial charge in [-0.2, -0.15) is 0 Å². The second-order valence-corrected chi connectivity index (χ2v) is 7.65. The number of phenols is 2. The van der Waals surface area contributed by atoms with E-state index >= 15 is 0 Å². The molecule has 0 aromatic heterocycles. The van der Waals surface area contributed by atoms with Crippen LogP contribution in [-0.2, 0) is 10.3 Å². The first-order valence-corrected chi connectivity index (χ1v) is 9.68. The molecule has 1 aliphatic heterocycles. The highest BCUT2D eigenvalue weighted by atomic mass is 16.6. The second kappa shape index (κ2) is 5.74. The molecule has 0 amide bonds. The van der Waals surface area contributed by atoms with E-state index in [1.54, 1.807) is 48.5 Å². The third-order valence-corrected chi connectivity index (χ3v) is 6.06. The van der Waals surface area contributed by atoms with Crippen LogP contribution in [0.3, 0.4) is 0 Å². The van der Waals surface area contributed by atoms with Crippen molar-refractivity contribution in [3.63, 3.8) is 0 Å². The first-order chi connectivity index (χ1) is 14.6. The molecule has 4 heteroatoms. The molecule has 6 rings (SSSR count). The third kappa shape index (κ3) is 2.08. The van der Waals surface area contributed by atoms with Crippen LogP contribution in [0.25, 0.3) is 22.9 Å². The Morgan fingerprint density at radius 2 is 1.17 bits per heavy atom. The first kappa shape index (κ1) is 16.9. The summed E-state index contributed by atoms with van der Waals surface area (Å²) in [5.41, 5.74) is 3.79. The second-order valence-electron chi connectivity index (χ2n) is 7.65. The fraction of sp³-hybridized carbons (Fsp3) is 0.0385. The Balaban J connectivity index is 1.77. The van der Waals surface area contributed by atoms with Crippen LogP contribution in [0.5, 0.6) is 11.5 Å². The van der Waals surface area contributed by atoms with E-state index in [1.807, 2.05) is 24.3 Å². The molecule has 0 unspecified atom stereocenters. The number of esters is 1. The van der Waals surface area contributed by atoms with Gasteiger partial charge in [-0.05, 0) is 46.8 Å². The van der Waals surface area contributed by atoms with Crippen LogP contribution in [0.1, 0.15) is 38.2 Å². The number of rotatable bonds is 2. The van der Waals surface area contributed by atoms with Gasteiger partial charge in [0, 0.05) is 22.1 Å². The van der Waals surface area contributed by atoms with Crippen molar-refractivity contribution in [3.8, 4) is 11.5 Å². The van der Waals surface area contributed by atoms with Crippen molar-refractivity contribution in [2.75, 3.05) is 0 Å². The van der Waals surface area contributed by atoms with Gasteiger partial charge in [0.05, 0.1) is 5.56 Å². The number of carbonyl (C=O) groups excluding carboxylic acids is 1. The van der Waals surface area contributed by atoms with Crippen LogP contribution in [0.4, 0.5) is 0 Å². The summed E-state index contributed by atoms with van der Waals surface area (Å²) >= 11 is 0. The van der Waals surface area contributed by atoms with Crippen LogP contribution < -0.4 is 0 Å². The number of cyclic esters (lactones) is 1. The molecule has 0 bridgehead atoms. The zero-order valence-corrected chi connectivity index (χ0v) is 15.8. The minimum absolute atomic E-state index is 0.132. The van der Waals surface area contributed by atoms with Gasteiger partial charge < -0.3 is 14.9 Å². The number of ether oxygens (including phenoxy) is 1. The monoisotopic (exact) mass is 392 g/mol. The molecule has 4 aromatic carbocycles. The highest BCUT2D eigenvalue weighted by Crippen LogP contribution is 2.50. The third-order valence-electron chi connectivity index (χ3n) is 6.06. The maximum absolute atomic E-state index is 13.3. The molecule has 0 fully saturated rings. The van der Waals surface area contributed by atoms with Crippen molar-refractivity contribution in [1.29, 1.82) is 0 Å².